The van der Waals surface area contributed by atoms with E-state index in [1.54, 1.807) is 0 Å². The van der Waals surface area contributed by atoms with Gasteiger partial charge in [0.15, 0.2) is 5.78 Å². The number of benzene rings is 1. The van der Waals surface area contributed by atoms with E-state index in [9.17, 15) is 15.0 Å². The van der Waals surface area contributed by atoms with Gasteiger partial charge in [0.1, 0.15) is 11.9 Å². The van der Waals surface area contributed by atoms with Gasteiger partial charge in [-0.1, -0.05) is 78.1 Å². The maximum absolute atomic E-state index is 15.2. The molecule has 10 atom stereocenters. The zero-order valence-electron chi connectivity index (χ0n) is 37.4. The third-order valence-electron chi connectivity index (χ3n) is 18.9. The average Bonchev–Trinajstić information content (AvgIpc) is 3.69. The van der Waals surface area contributed by atoms with E-state index in [0.29, 0.717) is 43.9 Å². The lowest BCUT2D eigenvalue weighted by molar-refractivity contribution is -0.220. The van der Waals surface area contributed by atoms with Gasteiger partial charge in [0.05, 0.1) is 28.8 Å². The van der Waals surface area contributed by atoms with Crippen molar-refractivity contribution in [2.75, 3.05) is 0 Å². The minimum Gasteiger partial charge on any atom is -0.392 e. The number of aliphatic hydroxyl groups excluding tert-OH is 2. The van der Waals surface area contributed by atoms with Gasteiger partial charge in [-0.05, 0) is 134 Å². The molecule has 10 rings (SSSR count). The minimum absolute atomic E-state index is 0.0787. The van der Waals surface area contributed by atoms with Crippen molar-refractivity contribution in [3.8, 4) is 0 Å². The van der Waals surface area contributed by atoms with Crippen LogP contribution in [0.1, 0.15) is 160 Å². The van der Waals surface area contributed by atoms with Crippen LogP contribution in [0, 0.1) is 51.8 Å². The number of epoxide rings is 1. The van der Waals surface area contributed by atoms with Crippen molar-refractivity contribution in [3.05, 3.63) is 69.6 Å². The summed E-state index contributed by atoms with van der Waals surface area (Å²) < 4.78 is 8.48. The number of hydrogen-bond donors (Lipinski definition) is 3. The summed E-state index contributed by atoms with van der Waals surface area (Å²) in [6, 6.07) is 7.22. The van der Waals surface area contributed by atoms with E-state index in [2.05, 4.69) is 88.6 Å². The van der Waals surface area contributed by atoms with Gasteiger partial charge in [-0.2, -0.15) is 0 Å². The molecule has 0 bridgehead atoms. The van der Waals surface area contributed by atoms with Crippen molar-refractivity contribution >= 4 is 22.6 Å². The second-order valence-electron chi connectivity index (χ2n) is 23.2. The van der Waals surface area contributed by atoms with E-state index in [-0.39, 0.29) is 46.1 Å². The molecular weight excluding hydrogens is 733 g/mol. The van der Waals surface area contributed by atoms with Crippen LogP contribution in [0.15, 0.2) is 41.7 Å². The molecule has 0 unspecified atom stereocenters. The van der Waals surface area contributed by atoms with Crippen LogP contribution in [-0.4, -0.2) is 55.2 Å². The molecule has 7 heteroatoms. The van der Waals surface area contributed by atoms with Crippen molar-refractivity contribution in [3.63, 3.8) is 0 Å². The lowest BCUT2D eigenvalue weighted by atomic mass is 9.34. The Bertz CT molecular complexity index is 2280. The minimum atomic E-state index is -0.706. The van der Waals surface area contributed by atoms with Gasteiger partial charge < -0.3 is 24.5 Å². The molecule has 2 aliphatic heterocycles. The van der Waals surface area contributed by atoms with Crippen LogP contribution in [0.5, 0.6) is 0 Å². The number of aromatic nitrogens is 2. The highest BCUT2D eigenvalue weighted by Gasteiger charge is 2.72. The third kappa shape index (κ3) is 5.67. The fourth-order valence-electron chi connectivity index (χ4n) is 15.9. The number of ether oxygens (including phenoxy) is 1. The summed E-state index contributed by atoms with van der Waals surface area (Å²) >= 11 is 0. The molecule has 7 aliphatic rings. The lowest BCUT2D eigenvalue weighted by Gasteiger charge is -2.70. The molecule has 1 aromatic carbocycles. The Morgan fingerprint density at radius 3 is 2.39 bits per heavy atom. The highest BCUT2D eigenvalue weighted by atomic mass is 16.6. The van der Waals surface area contributed by atoms with Crippen molar-refractivity contribution < 1.29 is 24.5 Å². The number of aryl methyl sites for hydroxylation is 2. The zero-order valence-corrected chi connectivity index (χ0v) is 37.4. The largest absolute Gasteiger partial charge is 0.392 e. The van der Waals surface area contributed by atoms with Crippen molar-refractivity contribution in [2.45, 2.75) is 182 Å². The van der Waals surface area contributed by atoms with Crippen molar-refractivity contribution in [2.24, 2.45) is 44.8 Å². The molecule has 1 saturated heterocycles. The average molecular weight is 803 g/mol. The van der Waals surface area contributed by atoms with Gasteiger partial charge in [0, 0.05) is 60.5 Å². The number of ketones is 2. The summed E-state index contributed by atoms with van der Waals surface area (Å²) in [4.78, 5) is 32.5. The first-order valence-electron chi connectivity index (χ1n) is 23.4. The highest BCUT2D eigenvalue weighted by Crippen LogP contribution is 2.75. The van der Waals surface area contributed by atoms with E-state index >= 15 is 4.79 Å². The number of fused-ring (bicyclic) bond motifs is 4. The van der Waals surface area contributed by atoms with Gasteiger partial charge in [-0.15, -0.1) is 0 Å². The van der Waals surface area contributed by atoms with Crippen LogP contribution in [0.4, 0.5) is 0 Å². The maximum atomic E-state index is 15.2. The van der Waals surface area contributed by atoms with Gasteiger partial charge >= 0.3 is 0 Å². The molecule has 3 N–H and O–H groups in total. The molecule has 0 spiro atoms. The highest BCUT2D eigenvalue weighted by molar-refractivity contribution is 6.02. The first-order chi connectivity index (χ1) is 27.7. The number of carbonyl (C=O) groups is 2. The molecule has 7 nitrogen and oxygen atoms in total. The summed E-state index contributed by atoms with van der Waals surface area (Å²) in [6.07, 6.45) is 14.4. The Morgan fingerprint density at radius 2 is 1.68 bits per heavy atom. The number of nitrogens with one attached hydrogen (secondary N) is 1. The SMILES string of the molecule is Cc1cc(Cc2cn3c4c(c[nH]c24)CC[C@@](C)(C[C@@H](O)[C@H]2OC2(C)C)C2=C4[C@@H](C3)[C@@H](O)[C@@H]3[C@]5(C)CCC(=O)C(C)(C)[C@@H]5CC[C@]3(C)[C@@]4(C)CC2=O)cc(C2CCCC2)c1. The summed E-state index contributed by atoms with van der Waals surface area (Å²) in [6.45, 7) is 20.6. The Morgan fingerprint density at radius 1 is 0.949 bits per heavy atom. The van der Waals surface area contributed by atoms with Crippen LogP contribution in [0.3, 0.4) is 0 Å². The normalized spacial score (nSPS) is 39.3. The maximum Gasteiger partial charge on any atom is 0.160 e. The fraction of sp³-hybridized carbons (Fsp3) is 0.692. The number of Topliss-reactive ketones (excluding diaryl/α,β-unsaturated/α-hetero) is 2. The second kappa shape index (κ2) is 13.0. The van der Waals surface area contributed by atoms with Gasteiger partial charge in [0.2, 0.25) is 0 Å². The standard InChI is InChI=1S/C52H70N2O5/c1-29-20-30(22-33(21-29)31-12-10-11-13-31)23-34-27-54-28-35-40-41(49(6,24-37(56)46-48(4,5)59-46)17-14-32-26-53-42(34)43(32)54)36(55)25-52(40,9)51(8)19-15-38-47(2,3)39(57)16-18-50(38,7)45(51)44(35)58/h20-22,26-27,31,35,37-38,44-46,53,56,58H,10-19,23-25,28H2,1-9H3/t35-,37-,38+,44-,45-,46-,49+,50-,51+,52+/m1/s1. The number of aliphatic hydroxyl groups is 2. The molecular formula is C52H70N2O5. The van der Waals surface area contributed by atoms with E-state index in [1.807, 2.05) is 13.8 Å². The lowest BCUT2D eigenvalue weighted by Crippen LogP contribution is -2.67. The molecule has 318 valence electrons. The van der Waals surface area contributed by atoms with Crippen LogP contribution in [0.2, 0.25) is 0 Å². The topological polar surface area (TPSA) is 108 Å². The van der Waals surface area contributed by atoms with E-state index < -0.39 is 28.5 Å². The molecule has 59 heavy (non-hydrogen) atoms. The van der Waals surface area contributed by atoms with Gasteiger partial charge in [0.25, 0.3) is 0 Å². The molecule has 0 radical (unpaired) electrons. The van der Waals surface area contributed by atoms with Crippen molar-refractivity contribution in [1.82, 2.24) is 9.55 Å². The fourth-order valence-corrected chi connectivity index (χ4v) is 15.9. The second-order valence-corrected chi connectivity index (χ2v) is 23.2. The molecule has 0 amide bonds. The number of hydrogen-bond acceptors (Lipinski definition) is 5. The Labute approximate surface area is 352 Å². The first kappa shape index (κ1) is 40.1. The Balaban J connectivity index is 1.14. The Hall–Kier alpha value is -3.00. The van der Waals surface area contributed by atoms with Crippen LogP contribution >= 0.6 is 0 Å². The Kier molecular flexibility index (Phi) is 8.85. The molecule has 5 fully saturated rings. The van der Waals surface area contributed by atoms with E-state index in [0.717, 1.165) is 43.3 Å². The predicted molar refractivity (Wildman–Crippen MR) is 232 cm³/mol. The summed E-state index contributed by atoms with van der Waals surface area (Å²) in [5.74, 6) is 0.996. The van der Waals surface area contributed by atoms with E-state index in [4.69, 9.17) is 4.74 Å². The molecule has 4 saturated carbocycles. The summed E-state index contributed by atoms with van der Waals surface area (Å²) in [5, 5.41) is 25.4. The van der Waals surface area contributed by atoms with E-state index in [1.165, 1.54) is 64.5 Å². The number of nitrogens with zero attached hydrogens (tertiary/aromatic N) is 1. The molecule has 2 aromatic heterocycles. The van der Waals surface area contributed by atoms with Crippen molar-refractivity contribution in [1.29, 1.82) is 0 Å². The van der Waals surface area contributed by atoms with Gasteiger partial charge in [-0.25, -0.2) is 0 Å². The molecule has 4 heterocycles. The summed E-state index contributed by atoms with van der Waals surface area (Å²) in [7, 11) is 0. The number of rotatable bonds is 6. The van der Waals surface area contributed by atoms with Crippen LogP contribution in [-0.2, 0) is 33.7 Å². The van der Waals surface area contributed by atoms with Crippen LogP contribution < -0.4 is 0 Å². The number of H-pyrrole nitrogens is 1. The molecule has 3 aromatic rings. The first-order valence-corrected chi connectivity index (χ1v) is 23.4. The predicted octanol–water partition coefficient (Wildman–Crippen LogP) is 10.1. The zero-order chi connectivity index (χ0) is 41.8. The van der Waals surface area contributed by atoms with Gasteiger partial charge in [-0.3, -0.25) is 9.59 Å². The third-order valence-corrected chi connectivity index (χ3v) is 18.9. The number of aromatic amines is 1. The number of carbonyl (C=O) groups excluding carboxylic acids is 2. The number of allylic oxidation sites excluding steroid dienone is 1. The van der Waals surface area contributed by atoms with Crippen LogP contribution in [0.25, 0.3) is 11.0 Å². The summed E-state index contributed by atoms with van der Waals surface area (Å²) in [5.41, 5.74) is 8.56. The smallest absolute Gasteiger partial charge is 0.160 e. The quantitative estimate of drug-likeness (QED) is 0.215. The monoisotopic (exact) mass is 803 g/mol. The molecule has 5 aliphatic carbocycles.